The highest BCUT2D eigenvalue weighted by molar-refractivity contribution is 9.10. The Morgan fingerprint density at radius 2 is 2.06 bits per heavy atom. The summed E-state index contributed by atoms with van der Waals surface area (Å²) in [6, 6.07) is 8.61. The second-order valence-corrected chi connectivity index (χ2v) is 6.35. The molecular formula is C14H20BrN. The molecule has 1 fully saturated rings. The van der Waals surface area contributed by atoms with E-state index in [4.69, 9.17) is 5.73 Å². The molecule has 0 bridgehead atoms. The molecule has 1 nitrogen and oxygen atoms in total. The summed E-state index contributed by atoms with van der Waals surface area (Å²) in [5, 5.41) is 0. The van der Waals surface area contributed by atoms with E-state index in [9.17, 15) is 0 Å². The number of halogens is 1. The Balaban J connectivity index is 1.90. The summed E-state index contributed by atoms with van der Waals surface area (Å²) in [6.45, 7) is 5.53. The monoisotopic (exact) mass is 281 g/mol. The predicted molar refractivity (Wildman–Crippen MR) is 72.3 cm³/mol. The van der Waals surface area contributed by atoms with Crippen molar-refractivity contribution in [2.45, 2.75) is 26.7 Å². The first-order valence-electron chi connectivity index (χ1n) is 6.00. The molecule has 0 aromatic heterocycles. The quantitative estimate of drug-likeness (QED) is 0.897. The van der Waals surface area contributed by atoms with Gasteiger partial charge in [0.1, 0.15) is 0 Å². The van der Waals surface area contributed by atoms with Crippen LogP contribution in [0.5, 0.6) is 0 Å². The first-order valence-corrected chi connectivity index (χ1v) is 6.79. The zero-order valence-electron chi connectivity index (χ0n) is 10.0. The molecule has 0 heterocycles. The molecular weight excluding hydrogens is 262 g/mol. The van der Waals surface area contributed by atoms with Crippen LogP contribution in [0, 0.1) is 17.3 Å². The summed E-state index contributed by atoms with van der Waals surface area (Å²) in [6.07, 6.45) is 2.44. The van der Waals surface area contributed by atoms with Gasteiger partial charge in [0.2, 0.25) is 0 Å². The number of aryl methyl sites for hydroxylation is 1. The lowest BCUT2D eigenvalue weighted by atomic mass is 10.0. The minimum Gasteiger partial charge on any atom is -0.330 e. The molecule has 88 valence electrons. The van der Waals surface area contributed by atoms with Crippen molar-refractivity contribution in [1.29, 1.82) is 0 Å². The molecule has 1 aliphatic carbocycles. The Labute approximate surface area is 107 Å². The molecule has 1 aromatic rings. The van der Waals surface area contributed by atoms with Crippen molar-refractivity contribution in [2.75, 3.05) is 6.54 Å². The van der Waals surface area contributed by atoms with E-state index in [0.29, 0.717) is 5.41 Å². The van der Waals surface area contributed by atoms with Crippen LogP contribution >= 0.6 is 15.9 Å². The first-order chi connectivity index (χ1) is 7.55. The maximum absolute atomic E-state index is 5.79. The maximum Gasteiger partial charge on any atom is 0.0177 e. The summed E-state index contributed by atoms with van der Waals surface area (Å²) in [4.78, 5) is 0. The average Bonchev–Trinajstić information content (AvgIpc) is 2.76. The molecule has 2 N–H and O–H groups in total. The Morgan fingerprint density at radius 1 is 1.31 bits per heavy atom. The van der Waals surface area contributed by atoms with Gasteiger partial charge in [-0.2, -0.15) is 0 Å². The van der Waals surface area contributed by atoms with Crippen molar-refractivity contribution >= 4 is 15.9 Å². The largest absolute Gasteiger partial charge is 0.330 e. The normalized spacial score (nSPS) is 26.8. The molecule has 0 unspecified atom stereocenters. The van der Waals surface area contributed by atoms with E-state index in [1.807, 2.05) is 0 Å². The minimum atomic E-state index is 0.473. The van der Waals surface area contributed by atoms with Crippen molar-refractivity contribution < 1.29 is 0 Å². The van der Waals surface area contributed by atoms with Crippen LogP contribution in [-0.2, 0) is 6.42 Å². The Bertz CT molecular complexity index is 373. The van der Waals surface area contributed by atoms with Gasteiger partial charge < -0.3 is 5.73 Å². The van der Waals surface area contributed by atoms with Crippen LogP contribution in [0.25, 0.3) is 0 Å². The molecule has 1 saturated carbocycles. The van der Waals surface area contributed by atoms with E-state index >= 15 is 0 Å². The SMILES string of the molecule is CC1(C)[C@H](CN)[C@H]1CCc1cccc(Br)c1. The lowest BCUT2D eigenvalue weighted by Crippen LogP contribution is -2.05. The summed E-state index contributed by atoms with van der Waals surface area (Å²) < 4.78 is 1.18. The second kappa shape index (κ2) is 4.50. The van der Waals surface area contributed by atoms with Crippen LogP contribution in [0.1, 0.15) is 25.8 Å². The Morgan fingerprint density at radius 3 is 2.62 bits per heavy atom. The van der Waals surface area contributed by atoms with E-state index in [-0.39, 0.29) is 0 Å². The third-order valence-corrected chi connectivity index (χ3v) is 4.67. The van der Waals surface area contributed by atoms with E-state index in [1.54, 1.807) is 0 Å². The molecule has 2 heteroatoms. The summed E-state index contributed by atoms with van der Waals surface area (Å²) in [7, 11) is 0. The van der Waals surface area contributed by atoms with Crippen molar-refractivity contribution in [3.63, 3.8) is 0 Å². The van der Waals surface area contributed by atoms with Crippen molar-refractivity contribution in [3.8, 4) is 0 Å². The number of hydrogen-bond acceptors (Lipinski definition) is 1. The zero-order chi connectivity index (χ0) is 11.8. The molecule has 1 aromatic carbocycles. The third-order valence-electron chi connectivity index (χ3n) is 4.17. The summed E-state index contributed by atoms with van der Waals surface area (Å²) in [5.74, 6) is 1.55. The molecule has 2 atom stereocenters. The number of benzene rings is 1. The lowest BCUT2D eigenvalue weighted by molar-refractivity contribution is 0.522. The highest BCUT2D eigenvalue weighted by Gasteiger charge is 2.55. The van der Waals surface area contributed by atoms with Gasteiger partial charge >= 0.3 is 0 Å². The molecule has 0 spiro atoms. The van der Waals surface area contributed by atoms with E-state index < -0.39 is 0 Å². The van der Waals surface area contributed by atoms with Gasteiger partial charge in [-0.1, -0.05) is 41.9 Å². The van der Waals surface area contributed by atoms with Crippen LogP contribution in [0.15, 0.2) is 28.7 Å². The van der Waals surface area contributed by atoms with Crippen LogP contribution in [0.3, 0.4) is 0 Å². The molecule has 0 amide bonds. The smallest absolute Gasteiger partial charge is 0.0177 e. The fourth-order valence-electron chi connectivity index (χ4n) is 2.91. The molecule has 1 aliphatic rings. The molecule has 2 rings (SSSR count). The van der Waals surface area contributed by atoms with Crippen molar-refractivity contribution in [2.24, 2.45) is 23.0 Å². The Kier molecular flexibility index (Phi) is 3.41. The third kappa shape index (κ3) is 2.33. The van der Waals surface area contributed by atoms with Gasteiger partial charge in [-0.05, 0) is 54.3 Å². The molecule has 0 saturated heterocycles. The van der Waals surface area contributed by atoms with E-state index in [1.165, 1.54) is 22.9 Å². The molecule has 0 radical (unpaired) electrons. The van der Waals surface area contributed by atoms with Crippen LogP contribution in [0.2, 0.25) is 0 Å². The number of hydrogen-bond donors (Lipinski definition) is 1. The van der Waals surface area contributed by atoms with Gasteiger partial charge in [-0.15, -0.1) is 0 Å². The molecule has 0 aliphatic heterocycles. The minimum absolute atomic E-state index is 0.473. The zero-order valence-corrected chi connectivity index (χ0v) is 11.6. The van der Waals surface area contributed by atoms with Gasteiger partial charge in [0.05, 0.1) is 0 Å². The van der Waals surface area contributed by atoms with Gasteiger partial charge in [0.15, 0.2) is 0 Å². The predicted octanol–water partition coefficient (Wildman–Crippen LogP) is 3.61. The van der Waals surface area contributed by atoms with Crippen molar-refractivity contribution in [1.82, 2.24) is 0 Å². The Hall–Kier alpha value is -0.340. The lowest BCUT2D eigenvalue weighted by Gasteiger charge is -2.03. The fourth-order valence-corrected chi connectivity index (χ4v) is 3.36. The van der Waals surface area contributed by atoms with E-state index in [2.05, 4.69) is 54.0 Å². The maximum atomic E-state index is 5.79. The van der Waals surface area contributed by atoms with Gasteiger partial charge in [0.25, 0.3) is 0 Å². The fraction of sp³-hybridized carbons (Fsp3) is 0.571. The van der Waals surface area contributed by atoms with Crippen LogP contribution in [-0.4, -0.2) is 6.54 Å². The number of nitrogens with two attached hydrogens (primary N) is 1. The van der Waals surface area contributed by atoms with Gasteiger partial charge in [-0.25, -0.2) is 0 Å². The standard InChI is InChI=1S/C14H20BrN/c1-14(2)12(13(14)9-16)7-6-10-4-3-5-11(15)8-10/h3-5,8,12-13H,6-7,9,16H2,1-2H3/t12-,13-/m1/s1. The van der Waals surface area contributed by atoms with Crippen LogP contribution < -0.4 is 5.73 Å². The average molecular weight is 282 g/mol. The van der Waals surface area contributed by atoms with Gasteiger partial charge in [-0.3, -0.25) is 0 Å². The van der Waals surface area contributed by atoms with Crippen molar-refractivity contribution in [3.05, 3.63) is 34.3 Å². The van der Waals surface area contributed by atoms with Crippen LogP contribution in [0.4, 0.5) is 0 Å². The highest BCUT2D eigenvalue weighted by Crippen LogP contribution is 2.59. The number of rotatable bonds is 4. The second-order valence-electron chi connectivity index (χ2n) is 5.44. The highest BCUT2D eigenvalue weighted by atomic mass is 79.9. The van der Waals surface area contributed by atoms with E-state index in [0.717, 1.165) is 18.4 Å². The topological polar surface area (TPSA) is 26.0 Å². The van der Waals surface area contributed by atoms with Gasteiger partial charge in [0, 0.05) is 4.47 Å². The summed E-state index contributed by atoms with van der Waals surface area (Å²) >= 11 is 3.51. The first kappa shape index (κ1) is 12.1. The summed E-state index contributed by atoms with van der Waals surface area (Å²) in [5.41, 5.74) is 7.68. The molecule has 16 heavy (non-hydrogen) atoms.